The van der Waals surface area contributed by atoms with Gasteiger partial charge >= 0.3 is 0 Å². The minimum absolute atomic E-state index is 0.148. The van der Waals surface area contributed by atoms with E-state index >= 15 is 0 Å². The molecule has 1 unspecified atom stereocenters. The van der Waals surface area contributed by atoms with Gasteiger partial charge in [0.25, 0.3) is 0 Å². The normalized spacial score (nSPS) is 17.1. The van der Waals surface area contributed by atoms with Crippen LogP contribution < -0.4 is 15.8 Å². The van der Waals surface area contributed by atoms with Gasteiger partial charge in [0.1, 0.15) is 0 Å². The molecule has 2 rings (SSSR count). The number of hydrogen-bond acceptors (Lipinski definition) is 5. The minimum Gasteiger partial charge on any atom is -0.475 e. The van der Waals surface area contributed by atoms with Crippen LogP contribution in [0.2, 0.25) is 0 Å². The number of rotatable bonds is 10. The van der Waals surface area contributed by atoms with Crippen LogP contribution in [0.15, 0.2) is 23.3 Å². The number of aliphatic imine (C=N–C) groups is 1. The molecular formula is C20H35N5O2. The molecule has 2 heterocycles. The molecule has 1 aromatic heterocycles. The van der Waals surface area contributed by atoms with E-state index < -0.39 is 0 Å². The highest BCUT2D eigenvalue weighted by Crippen LogP contribution is 2.15. The molecule has 27 heavy (non-hydrogen) atoms. The Morgan fingerprint density at radius 3 is 2.89 bits per heavy atom. The lowest BCUT2D eigenvalue weighted by atomic mass is 10.1. The Morgan fingerprint density at radius 1 is 1.37 bits per heavy atom. The Morgan fingerprint density at radius 2 is 2.15 bits per heavy atom. The lowest BCUT2D eigenvalue weighted by Gasteiger charge is -2.26. The predicted octanol–water partition coefficient (Wildman–Crippen LogP) is 2.02. The molecule has 0 spiro atoms. The molecule has 1 atom stereocenters. The summed E-state index contributed by atoms with van der Waals surface area (Å²) in [5.74, 6) is 1.72. The summed E-state index contributed by atoms with van der Waals surface area (Å²) in [5, 5.41) is 3.18. The minimum atomic E-state index is 0.148. The summed E-state index contributed by atoms with van der Waals surface area (Å²) in [5.41, 5.74) is 7.01. The summed E-state index contributed by atoms with van der Waals surface area (Å²) in [7, 11) is 0. The third kappa shape index (κ3) is 9.06. The van der Waals surface area contributed by atoms with Gasteiger partial charge in [-0.15, -0.1) is 0 Å². The average Bonchev–Trinajstić information content (AvgIpc) is 2.64. The van der Waals surface area contributed by atoms with Crippen molar-refractivity contribution < 1.29 is 9.47 Å². The van der Waals surface area contributed by atoms with Crippen LogP contribution in [0.5, 0.6) is 5.88 Å². The molecule has 0 saturated carbocycles. The summed E-state index contributed by atoms with van der Waals surface area (Å²) in [6.45, 7) is 12.6. The first-order chi connectivity index (χ1) is 13.0. The van der Waals surface area contributed by atoms with Crippen LogP contribution in [0, 0.1) is 5.92 Å². The zero-order chi connectivity index (χ0) is 19.5. The van der Waals surface area contributed by atoms with Crippen molar-refractivity contribution in [1.82, 2.24) is 15.2 Å². The van der Waals surface area contributed by atoms with Gasteiger partial charge < -0.3 is 20.5 Å². The third-order valence-corrected chi connectivity index (χ3v) is 4.42. The molecule has 0 aliphatic carbocycles. The first kappa shape index (κ1) is 21.4. The topological polar surface area (TPSA) is 85.0 Å². The Hall–Kier alpha value is -1.86. The average molecular weight is 378 g/mol. The number of aromatic nitrogens is 1. The van der Waals surface area contributed by atoms with Gasteiger partial charge in [-0.3, -0.25) is 4.90 Å². The van der Waals surface area contributed by atoms with Crippen LogP contribution in [-0.4, -0.2) is 61.3 Å². The van der Waals surface area contributed by atoms with E-state index in [4.69, 9.17) is 15.2 Å². The van der Waals surface area contributed by atoms with Crippen molar-refractivity contribution in [2.75, 3.05) is 39.4 Å². The number of guanidine groups is 1. The maximum absolute atomic E-state index is 5.97. The van der Waals surface area contributed by atoms with Gasteiger partial charge in [-0.1, -0.05) is 13.8 Å². The molecular weight excluding hydrogens is 342 g/mol. The van der Waals surface area contributed by atoms with Crippen LogP contribution in [0.3, 0.4) is 0 Å². The molecule has 0 aromatic carbocycles. The summed E-state index contributed by atoms with van der Waals surface area (Å²) in [6, 6.07) is 3.88. The number of nitrogens with two attached hydrogens (primary N) is 1. The molecule has 3 N–H and O–H groups in total. The Labute approximate surface area is 163 Å². The van der Waals surface area contributed by atoms with E-state index in [-0.39, 0.29) is 6.10 Å². The second-order valence-corrected chi connectivity index (χ2v) is 7.50. The van der Waals surface area contributed by atoms with Gasteiger partial charge in [0.2, 0.25) is 5.88 Å². The van der Waals surface area contributed by atoms with Crippen molar-refractivity contribution in [2.45, 2.75) is 46.3 Å². The molecule has 1 aromatic rings. The van der Waals surface area contributed by atoms with E-state index in [1.807, 2.05) is 12.1 Å². The van der Waals surface area contributed by atoms with E-state index in [2.05, 4.69) is 41.0 Å². The van der Waals surface area contributed by atoms with Crippen molar-refractivity contribution in [2.24, 2.45) is 16.6 Å². The SMILES string of the molecule is CC(C)CC(C)Oc1cc(CN=C(N)NCCCN2CCOCC2)ccn1. The van der Waals surface area contributed by atoms with Crippen LogP contribution in [0.25, 0.3) is 0 Å². The predicted molar refractivity (Wildman–Crippen MR) is 109 cm³/mol. The number of ether oxygens (including phenoxy) is 2. The van der Waals surface area contributed by atoms with Gasteiger partial charge in [0, 0.05) is 31.9 Å². The van der Waals surface area contributed by atoms with Gasteiger partial charge in [-0.25, -0.2) is 9.98 Å². The summed E-state index contributed by atoms with van der Waals surface area (Å²) >= 11 is 0. The fourth-order valence-electron chi connectivity index (χ4n) is 3.11. The van der Waals surface area contributed by atoms with Crippen LogP contribution >= 0.6 is 0 Å². The zero-order valence-corrected chi connectivity index (χ0v) is 17.0. The second kappa shape index (κ2) is 11.8. The third-order valence-electron chi connectivity index (χ3n) is 4.42. The molecule has 0 radical (unpaired) electrons. The number of morpholine rings is 1. The number of nitrogens with zero attached hydrogens (tertiary/aromatic N) is 3. The molecule has 7 heteroatoms. The summed E-state index contributed by atoms with van der Waals surface area (Å²) in [4.78, 5) is 11.1. The van der Waals surface area contributed by atoms with Crippen molar-refractivity contribution in [3.8, 4) is 5.88 Å². The highest BCUT2D eigenvalue weighted by molar-refractivity contribution is 5.77. The molecule has 1 aliphatic rings. The lowest BCUT2D eigenvalue weighted by Crippen LogP contribution is -2.39. The molecule has 7 nitrogen and oxygen atoms in total. The fourth-order valence-corrected chi connectivity index (χ4v) is 3.11. The Kier molecular flexibility index (Phi) is 9.35. The standard InChI is InChI=1S/C20H35N5O2/c1-16(2)13-17(3)27-19-14-18(5-7-22-19)15-24-20(21)23-6-4-8-25-9-11-26-12-10-25/h5,7,14,16-17H,4,6,8-13,15H2,1-3H3,(H3,21,23,24). The van der Waals surface area contributed by atoms with E-state index in [9.17, 15) is 0 Å². The second-order valence-electron chi connectivity index (χ2n) is 7.50. The van der Waals surface area contributed by atoms with Gasteiger partial charge in [0.05, 0.1) is 25.9 Å². The Balaban J connectivity index is 1.69. The smallest absolute Gasteiger partial charge is 0.213 e. The largest absolute Gasteiger partial charge is 0.475 e. The van der Waals surface area contributed by atoms with E-state index in [1.54, 1.807) is 6.20 Å². The maximum Gasteiger partial charge on any atom is 0.213 e. The quantitative estimate of drug-likeness (QED) is 0.369. The van der Waals surface area contributed by atoms with Crippen LogP contribution in [0.1, 0.15) is 39.2 Å². The maximum atomic E-state index is 5.97. The zero-order valence-electron chi connectivity index (χ0n) is 17.0. The highest BCUT2D eigenvalue weighted by Gasteiger charge is 2.09. The molecule has 152 valence electrons. The first-order valence-corrected chi connectivity index (χ1v) is 9.98. The molecule has 0 bridgehead atoms. The Bertz CT molecular complexity index is 573. The van der Waals surface area contributed by atoms with Crippen molar-refractivity contribution in [3.63, 3.8) is 0 Å². The van der Waals surface area contributed by atoms with Gasteiger partial charge in [0.15, 0.2) is 5.96 Å². The number of pyridine rings is 1. The monoisotopic (exact) mass is 377 g/mol. The van der Waals surface area contributed by atoms with E-state index in [0.717, 1.165) is 57.8 Å². The summed E-state index contributed by atoms with van der Waals surface area (Å²) in [6.07, 6.45) is 3.95. The molecule has 0 amide bonds. The van der Waals surface area contributed by atoms with Crippen molar-refractivity contribution in [3.05, 3.63) is 23.9 Å². The molecule has 1 saturated heterocycles. The van der Waals surface area contributed by atoms with E-state index in [1.165, 1.54) is 0 Å². The van der Waals surface area contributed by atoms with Crippen LogP contribution in [0.4, 0.5) is 0 Å². The van der Waals surface area contributed by atoms with E-state index in [0.29, 0.717) is 24.3 Å². The van der Waals surface area contributed by atoms with Gasteiger partial charge in [-0.2, -0.15) is 0 Å². The van der Waals surface area contributed by atoms with Crippen molar-refractivity contribution in [1.29, 1.82) is 0 Å². The molecule has 1 fully saturated rings. The first-order valence-electron chi connectivity index (χ1n) is 9.98. The summed E-state index contributed by atoms with van der Waals surface area (Å²) < 4.78 is 11.2. The lowest BCUT2D eigenvalue weighted by molar-refractivity contribution is 0.0376. The number of hydrogen-bond donors (Lipinski definition) is 2. The van der Waals surface area contributed by atoms with Gasteiger partial charge in [-0.05, 0) is 43.9 Å². The molecule has 1 aliphatic heterocycles. The number of nitrogens with one attached hydrogen (secondary N) is 1. The fraction of sp³-hybridized carbons (Fsp3) is 0.700. The highest BCUT2D eigenvalue weighted by atomic mass is 16.5. The van der Waals surface area contributed by atoms with Crippen molar-refractivity contribution >= 4 is 5.96 Å². The van der Waals surface area contributed by atoms with Crippen LogP contribution in [-0.2, 0) is 11.3 Å².